The maximum Gasteiger partial charge on any atom is 0.251 e. The van der Waals surface area contributed by atoms with Crippen LogP contribution in [0.25, 0.3) is 0 Å². The molecule has 0 aliphatic carbocycles. The van der Waals surface area contributed by atoms with Crippen LogP contribution < -0.4 is 15.4 Å². The fraction of sp³-hybridized carbons (Fsp3) is 0.167. The van der Waals surface area contributed by atoms with Crippen molar-refractivity contribution < 1.29 is 14.3 Å². The van der Waals surface area contributed by atoms with Gasteiger partial charge in [0.15, 0.2) is 0 Å². The molecule has 5 nitrogen and oxygen atoms in total. The number of hydrogen-bond acceptors (Lipinski definition) is 3. The molecule has 148 valence electrons. The summed E-state index contributed by atoms with van der Waals surface area (Å²) in [6.07, 6.45) is 0. The van der Waals surface area contributed by atoms with E-state index in [0.717, 1.165) is 11.1 Å². The molecule has 3 aromatic rings. The molecule has 29 heavy (non-hydrogen) atoms. The molecule has 0 saturated heterocycles. The van der Waals surface area contributed by atoms with Crippen LogP contribution in [-0.2, 0) is 4.79 Å². The molecule has 0 heterocycles. The van der Waals surface area contributed by atoms with Crippen molar-refractivity contribution in [3.05, 3.63) is 102 Å². The zero-order valence-corrected chi connectivity index (χ0v) is 16.3. The molecule has 2 N–H and O–H groups in total. The smallest absolute Gasteiger partial charge is 0.251 e. The summed E-state index contributed by atoms with van der Waals surface area (Å²) < 4.78 is 5.37. The Morgan fingerprint density at radius 1 is 0.828 bits per heavy atom. The van der Waals surface area contributed by atoms with Gasteiger partial charge in [0.2, 0.25) is 5.91 Å². The highest BCUT2D eigenvalue weighted by Crippen LogP contribution is 2.21. The zero-order chi connectivity index (χ0) is 20.5. The van der Waals surface area contributed by atoms with E-state index in [1.807, 2.05) is 67.6 Å². The molecule has 0 bridgehead atoms. The lowest BCUT2D eigenvalue weighted by atomic mass is 9.99. The van der Waals surface area contributed by atoms with Crippen LogP contribution in [0.3, 0.4) is 0 Å². The Morgan fingerprint density at radius 2 is 1.38 bits per heavy atom. The predicted octanol–water partition coefficient (Wildman–Crippen LogP) is 3.72. The lowest BCUT2D eigenvalue weighted by Crippen LogP contribution is -2.39. The molecular weight excluding hydrogens is 364 g/mol. The number of amides is 2. The van der Waals surface area contributed by atoms with Crippen LogP contribution in [0.2, 0.25) is 0 Å². The first-order chi connectivity index (χ1) is 14.2. The molecule has 3 aromatic carbocycles. The average molecular weight is 388 g/mol. The molecule has 0 aliphatic heterocycles. The molecule has 0 spiro atoms. The van der Waals surface area contributed by atoms with Gasteiger partial charge in [0, 0.05) is 5.56 Å². The summed E-state index contributed by atoms with van der Waals surface area (Å²) >= 11 is 0. The van der Waals surface area contributed by atoms with Gasteiger partial charge in [-0.1, -0.05) is 60.7 Å². The molecule has 0 atom stereocenters. The number of ether oxygens (including phenoxy) is 1. The normalized spacial score (nSPS) is 10.4. The largest absolute Gasteiger partial charge is 0.494 e. The molecule has 0 radical (unpaired) electrons. The lowest BCUT2D eigenvalue weighted by Gasteiger charge is -2.20. The van der Waals surface area contributed by atoms with Gasteiger partial charge >= 0.3 is 0 Å². The van der Waals surface area contributed by atoms with Gasteiger partial charge in [0.05, 0.1) is 19.2 Å². The first-order valence-corrected chi connectivity index (χ1v) is 9.57. The van der Waals surface area contributed by atoms with Crippen LogP contribution in [-0.4, -0.2) is 25.0 Å². The van der Waals surface area contributed by atoms with Crippen LogP contribution >= 0.6 is 0 Å². The van der Waals surface area contributed by atoms with Gasteiger partial charge in [-0.2, -0.15) is 0 Å². The van der Waals surface area contributed by atoms with Crippen molar-refractivity contribution in [1.82, 2.24) is 10.6 Å². The third kappa shape index (κ3) is 5.69. The first kappa shape index (κ1) is 20.1. The maximum absolute atomic E-state index is 12.5. The standard InChI is InChI=1S/C24H24N2O3/c1-2-29-21-15-13-20(14-16-21)24(28)25-17-22(27)26-23(18-9-5-3-6-10-18)19-11-7-4-8-12-19/h3-16,23H,2,17H2,1H3,(H,25,28)(H,26,27). The van der Waals surface area contributed by atoms with Gasteiger partial charge in [-0.3, -0.25) is 9.59 Å². The minimum absolute atomic E-state index is 0.109. The lowest BCUT2D eigenvalue weighted by molar-refractivity contribution is -0.120. The monoisotopic (exact) mass is 388 g/mol. The number of carbonyl (C=O) groups excluding carboxylic acids is 2. The molecule has 0 aliphatic rings. The van der Waals surface area contributed by atoms with Crippen LogP contribution in [0, 0.1) is 0 Å². The molecule has 5 heteroatoms. The Bertz CT molecular complexity index is 886. The Morgan fingerprint density at radius 3 is 1.90 bits per heavy atom. The minimum atomic E-state index is -0.306. The van der Waals surface area contributed by atoms with E-state index in [4.69, 9.17) is 4.74 Å². The minimum Gasteiger partial charge on any atom is -0.494 e. The second-order valence-electron chi connectivity index (χ2n) is 6.46. The fourth-order valence-electron chi connectivity index (χ4n) is 2.99. The summed E-state index contributed by atoms with van der Waals surface area (Å²) in [5.41, 5.74) is 2.43. The van der Waals surface area contributed by atoms with E-state index in [2.05, 4.69) is 10.6 Å². The Labute approximate surface area is 170 Å². The maximum atomic E-state index is 12.5. The molecule has 0 saturated carbocycles. The van der Waals surface area contributed by atoms with E-state index in [9.17, 15) is 9.59 Å². The molecule has 2 amide bonds. The predicted molar refractivity (Wildman–Crippen MR) is 113 cm³/mol. The molecule has 0 aromatic heterocycles. The molecule has 0 unspecified atom stereocenters. The second-order valence-corrected chi connectivity index (χ2v) is 6.46. The summed E-state index contributed by atoms with van der Waals surface area (Å²) in [6.45, 7) is 2.36. The quantitative estimate of drug-likeness (QED) is 0.618. The Hall–Kier alpha value is -3.60. The van der Waals surface area contributed by atoms with E-state index in [1.54, 1.807) is 24.3 Å². The third-order valence-electron chi connectivity index (χ3n) is 4.41. The molecule has 0 fully saturated rings. The number of carbonyl (C=O) groups is 2. The summed E-state index contributed by atoms with van der Waals surface area (Å²) in [4.78, 5) is 24.8. The highest BCUT2D eigenvalue weighted by Gasteiger charge is 2.17. The van der Waals surface area contributed by atoms with Gasteiger partial charge in [-0.05, 0) is 42.3 Å². The van der Waals surface area contributed by atoms with Crippen LogP contribution in [0.1, 0.15) is 34.5 Å². The highest BCUT2D eigenvalue weighted by molar-refractivity contribution is 5.96. The van der Waals surface area contributed by atoms with E-state index < -0.39 is 0 Å². The topological polar surface area (TPSA) is 67.4 Å². The summed E-state index contributed by atoms with van der Waals surface area (Å²) in [5, 5.41) is 5.68. The highest BCUT2D eigenvalue weighted by atomic mass is 16.5. The van der Waals surface area contributed by atoms with E-state index >= 15 is 0 Å². The van der Waals surface area contributed by atoms with Gasteiger partial charge in [-0.25, -0.2) is 0 Å². The van der Waals surface area contributed by atoms with Crippen molar-refractivity contribution in [3.8, 4) is 5.75 Å². The number of hydrogen-bond donors (Lipinski definition) is 2. The third-order valence-corrected chi connectivity index (χ3v) is 4.41. The van der Waals surface area contributed by atoms with Crippen molar-refractivity contribution in [3.63, 3.8) is 0 Å². The first-order valence-electron chi connectivity index (χ1n) is 9.57. The number of benzene rings is 3. The van der Waals surface area contributed by atoms with Crippen molar-refractivity contribution in [2.24, 2.45) is 0 Å². The van der Waals surface area contributed by atoms with Crippen LogP contribution in [0.15, 0.2) is 84.9 Å². The number of nitrogens with one attached hydrogen (secondary N) is 2. The molecular formula is C24H24N2O3. The zero-order valence-electron chi connectivity index (χ0n) is 16.3. The van der Waals surface area contributed by atoms with E-state index in [1.165, 1.54) is 0 Å². The van der Waals surface area contributed by atoms with Gasteiger partial charge in [0.1, 0.15) is 5.75 Å². The number of rotatable bonds is 8. The van der Waals surface area contributed by atoms with Crippen molar-refractivity contribution >= 4 is 11.8 Å². The van der Waals surface area contributed by atoms with Gasteiger partial charge in [0.25, 0.3) is 5.91 Å². The molecule has 3 rings (SSSR count). The van der Waals surface area contributed by atoms with Crippen LogP contribution in [0.5, 0.6) is 5.75 Å². The summed E-state index contributed by atoms with van der Waals surface area (Å²) in [5.74, 6) is 0.136. The van der Waals surface area contributed by atoms with Gasteiger partial charge in [-0.15, -0.1) is 0 Å². The van der Waals surface area contributed by atoms with Gasteiger partial charge < -0.3 is 15.4 Å². The van der Waals surface area contributed by atoms with Crippen LogP contribution in [0.4, 0.5) is 0 Å². The van der Waals surface area contributed by atoms with E-state index in [-0.39, 0.29) is 24.4 Å². The Kier molecular flexibility index (Phi) is 7.00. The second kappa shape index (κ2) is 10.1. The van der Waals surface area contributed by atoms with Crippen molar-refractivity contribution in [1.29, 1.82) is 0 Å². The van der Waals surface area contributed by atoms with Crippen molar-refractivity contribution in [2.45, 2.75) is 13.0 Å². The summed E-state index contributed by atoms with van der Waals surface area (Å²) in [6, 6.07) is 26.0. The van der Waals surface area contributed by atoms with Crippen molar-refractivity contribution in [2.75, 3.05) is 13.2 Å². The SMILES string of the molecule is CCOc1ccc(C(=O)NCC(=O)NC(c2ccccc2)c2ccccc2)cc1. The fourth-order valence-corrected chi connectivity index (χ4v) is 2.99. The average Bonchev–Trinajstić information content (AvgIpc) is 2.78. The summed E-state index contributed by atoms with van der Waals surface area (Å²) in [7, 11) is 0. The van der Waals surface area contributed by atoms with E-state index in [0.29, 0.717) is 17.9 Å². The Balaban J connectivity index is 1.62.